The highest BCUT2D eigenvalue weighted by Gasteiger charge is 2.35. The van der Waals surface area contributed by atoms with E-state index in [1.807, 2.05) is 6.07 Å². The van der Waals surface area contributed by atoms with E-state index in [9.17, 15) is 19.8 Å². The molecule has 0 fully saturated rings. The van der Waals surface area contributed by atoms with Gasteiger partial charge >= 0.3 is 5.91 Å². The summed E-state index contributed by atoms with van der Waals surface area (Å²) in [6, 6.07) is 14.1. The van der Waals surface area contributed by atoms with Crippen LogP contribution < -0.4 is 0 Å². The Hall–Kier alpha value is -3.21. The van der Waals surface area contributed by atoms with E-state index in [-0.39, 0.29) is 17.2 Å². The number of rotatable bonds is 6. The van der Waals surface area contributed by atoms with Crippen molar-refractivity contribution in [3.8, 4) is 11.8 Å². The van der Waals surface area contributed by atoms with Crippen molar-refractivity contribution < 1.29 is 25.0 Å². The summed E-state index contributed by atoms with van der Waals surface area (Å²) in [5, 5.41) is 38.8. The Bertz CT molecular complexity index is 838. The fourth-order valence-corrected chi connectivity index (χ4v) is 2.59. The molecule has 0 saturated heterocycles. The Balaban J connectivity index is 2.37. The molecule has 0 aliphatic heterocycles. The Labute approximate surface area is 150 Å². The second-order valence-electron chi connectivity index (χ2n) is 5.99. The zero-order valence-corrected chi connectivity index (χ0v) is 14.1. The number of aliphatic hydroxyl groups is 1. The number of ketones is 1. The van der Waals surface area contributed by atoms with Gasteiger partial charge in [-0.2, -0.15) is 5.26 Å². The maximum absolute atomic E-state index is 12.1. The summed E-state index contributed by atoms with van der Waals surface area (Å²) >= 11 is 0. The van der Waals surface area contributed by atoms with Crippen LogP contribution in [0, 0.1) is 11.3 Å². The summed E-state index contributed by atoms with van der Waals surface area (Å²) in [5.74, 6) is -2.10. The normalized spacial score (nSPS) is 12.7. The third-order valence-corrected chi connectivity index (χ3v) is 3.97. The highest BCUT2D eigenvalue weighted by Crippen LogP contribution is 2.31. The number of aromatic hydroxyl groups is 1. The lowest BCUT2D eigenvalue weighted by Gasteiger charge is -2.28. The molecule has 26 heavy (non-hydrogen) atoms. The van der Waals surface area contributed by atoms with Crippen molar-refractivity contribution in [1.82, 2.24) is 5.06 Å². The molecule has 0 bridgehead atoms. The van der Waals surface area contributed by atoms with Gasteiger partial charge in [0.2, 0.25) is 5.78 Å². The Morgan fingerprint density at radius 1 is 1.12 bits per heavy atom. The minimum absolute atomic E-state index is 0.00233. The van der Waals surface area contributed by atoms with Gasteiger partial charge in [-0.3, -0.25) is 14.8 Å². The minimum atomic E-state index is -1.73. The first-order chi connectivity index (χ1) is 12.2. The van der Waals surface area contributed by atoms with Crippen molar-refractivity contribution in [3.05, 3.63) is 65.2 Å². The first-order valence-corrected chi connectivity index (χ1v) is 7.76. The number of hydrogen-bond donors (Lipinski definition) is 3. The van der Waals surface area contributed by atoms with Crippen LogP contribution in [-0.2, 0) is 21.6 Å². The lowest BCUT2D eigenvalue weighted by molar-refractivity contribution is -0.167. The summed E-state index contributed by atoms with van der Waals surface area (Å²) in [7, 11) is 1.03. The molecule has 0 aliphatic carbocycles. The summed E-state index contributed by atoms with van der Waals surface area (Å²) < 4.78 is 0. The van der Waals surface area contributed by atoms with Crippen LogP contribution >= 0.6 is 0 Å². The number of phenolic OH excluding ortho intramolecular Hbond substituents is 1. The predicted molar refractivity (Wildman–Crippen MR) is 91.0 cm³/mol. The van der Waals surface area contributed by atoms with Crippen molar-refractivity contribution in [3.63, 3.8) is 0 Å². The lowest BCUT2D eigenvalue weighted by Crippen LogP contribution is -2.38. The first kappa shape index (κ1) is 19.1. The molecular formula is C19H18N2O5. The third-order valence-electron chi connectivity index (χ3n) is 3.97. The number of likely N-dealkylation sites (N-methyl/N-ethyl adjacent to an activating group) is 1. The summed E-state index contributed by atoms with van der Waals surface area (Å²) in [6.45, 7) is 0. The Kier molecular flexibility index (Phi) is 5.72. The van der Waals surface area contributed by atoms with Crippen LogP contribution in [0.5, 0.6) is 5.75 Å². The van der Waals surface area contributed by atoms with Gasteiger partial charge in [-0.1, -0.05) is 24.3 Å². The first-order valence-electron chi connectivity index (χ1n) is 7.76. The number of nitriles is 1. The molecule has 0 aliphatic rings. The van der Waals surface area contributed by atoms with Crippen LogP contribution in [0.15, 0.2) is 48.5 Å². The van der Waals surface area contributed by atoms with E-state index in [1.165, 1.54) is 24.3 Å². The number of carbonyl (C=O) groups is 2. The van der Waals surface area contributed by atoms with Crippen molar-refractivity contribution in [2.75, 3.05) is 7.05 Å². The van der Waals surface area contributed by atoms with Crippen LogP contribution in [0.3, 0.4) is 0 Å². The largest absolute Gasteiger partial charge is 0.508 e. The summed E-state index contributed by atoms with van der Waals surface area (Å²) in [5.41, 5.74) is -0.293. The van der Waals surface area contributed by atoms with Gasteiger partial charge < -0.3 is 10.2 Å². The standard InChI is InChI=1S/C19H18N2O5/c1-21(26)18(24)17(23)11-19(25,15-6-8-16(22)9-7-15)10-13-2-4-14(12-20)5-3-13/h2-9,22,25-26H,10-11H2,1H3. The number of carbonyl (C=O) groups excluding carboxylic acids is 2. The number of phenols is 1. The highest BCUT2D eigenvalue weighted by atomic mass is 16.5. The van der Waals surface area contributed by atoms with Crippen molar-refractivity contribution >= 4 is 11.7 Å². The van der Waals surface area contributed by atoms with E-state index in [0.717, 1.165) is 7.05 Å². The lowest BCUT2D eigenvalue weighted by atomic mass is 9.83. The number of amides is 1. The molecule has 2 rings (SSSR count). The average Bonchev–Trinajstić information content (AvgIpc) is 2.61. The number of hydrogen-bond acceptors (Lipinski definition) is 6. The van der Waals surface area contributed by atoms with Gasteiger partial charge in [0.05, 0.1) is 11.6 Å². The Morgan fingerprint density at radius 3 is 2.19 bits per heavy atom. The summed E-state index contributed by atoms with van der Waals surface area (Å²) in [6.07, 6.45) is -0.556. The van der Waals surface area contributed by atoms with E-state index in [1.54, 1.807) is 24.3 Å². The molecular weight excluding hydrogens is 336 g/mol. The van der Waals surface area contributed by atoms with Crippen LogP contribution in [0.25, 0.3) is 0 Å². The molecule has 7 nitrogen and oxygen atoms in total. The van der Waals surface area contributed by atoms with E-state index in [2.05, 4.69) is 0 Å². The molecule has 0 spiro atoms. The fraction of sp³-hybridized carbons (Fsp3) is 0.211. The van der Waals surface area contributed by atoms with Gasteiger partial charge in [-0.05, 0) is 35.4 Å². The molecule has 1 amide bonds. The predicted octanol–water partition coefficient (Wildman–Crippen LogP) is 1.50. The van der Waals surface area contributed by atoms with Gasteiger partial charge in [0, 0.05) is 19.9 Å². The zero-order valence-electron chi connectivity index (χ0n) is 14.1. The molecule has 0 aromatic heterocycles. The van der Waals surface area contributed by atoms with Gasteiger partial charge in [0.15, 0.2) is 0 Å². The van der Waals surface area contributed by atoms with Crippen LogP contribution in [0.1, 0.15) is 23.1 Å². The van der Waals surface area contributed by atoms with Gasteiger partial charge in [0.25, 0.3) is 0 Å². The number of Topliss-reactive ketones (excluding diaryl/α,β-unsaturated/α-hetero) is 1. The molecule has 2 aromatic rings. The maximum atomic E-state index is 12.1. The van der Waals surface area contributed by atoms with E-state index in [4.69, 9.17) is 10.5 Å². The maximum Gasteiger partial charge on any atom is 0.313 e. The van der Waals surface area contributed by atoms with E-state index in [0.29, 0.717) is 16.7 Å². The molecule has 7 heteroatoms. The molecule has 0 saturated carbocycles. The molecule has 3 N–H and O–H groups in total. The number of benzene rings is 2. The zero-order chi connectivity index (χ0) is 19.3. The topological polar surface area (TPSA) is 122 Å². The molecule has 1 atom stereocenters. The monoisotopic (exact) mass is 354 g/mol. The third kappa shape index (κ3) is 4.45. The quantitative estimate of drug-likeness (QED) is 0.410. The molecule has 0 radical (unpaired) electrons. The molecule has 0 heterocycles. The highest BCUT2D eigenvalue weighted by molar-refractivity contribution is 6.35. The van der Waals surface area contributed by atoms with Gasteiger partial charge in [-0.25, -0.2) is 5.06 Å². The smallest absolute Gasteiger partial charge is 0.313 e. The molecule has 134 valence electrons. The van der Waals surface area contributed by atoms with Crippen LogP contribution in [0.4, 0.5) is 0 Å². The number of hydroxylamine groups is 2. The van der Waals surface area contributed by atoms with Crippen molar-refractivity contribution in [2.24, 2.45) is 0 Å². The molecule has 2 aromatic carbocycles. The van der Waals surface area contributed by atoms with Crippen molar-refractivity contribution in [1.29, 1.82) is 5.26 Å². The van der Waals surface area contributed by atoms with Crippen LogP contribution in [-0.4, -0.2) is 39.2 Å². The minimum Gasteiger partial charge on any atom is -0.508 e. The van der Waals surface area contributed by atoms with Crippen molar-refractivity contribution in [2.45, 2.75) is 18.4 Å². The summed E-state index contributed by atoms with van der Waals surface area (Å²) in [4.78, 5) is 23.8. The average molecular weight is 354 g/mol. The van der Waals surface area contributed by atoms with Gasteiger partial charge in [-0.15, -0.1) is 0 Å². The van der Waals surface area contributed by atoms with E-state index >= 15 is 0 Å². The second-order valence-corrected chi connectivity index (χ2v) is 5.99. The Morgan fingerprint density at radius 2 is 1.69 bits per heavy atom. The van der Waals surface area contributed by atoms with E-state index < -0.39 is 23.7 Å². The SMILES string of the molecule is CN(O)C(=O)C(=O)CC(O)(Cc1ccc(C#N)cc1)c1ccc(O)cc1. The second kappa shape index (κ2) is 7.78. The van der Waals surface area contributed by atoms with Crippen LogP contribution in [0.2, 0.25) is 0 Å². The van der Waals surface area contributed by atoms with Gasteiger partial charge in [0.1, 0.15) is 11.4 Å². The fourth-order valence-electron chi connectivity index (χ4n) is 2.59. The number of nitrogens with zero attached hydrogens (tertiary/aromatic N) is 2. The molecule has 1 unspecified atom stereocenters.